The zero-order valence-electron chi connectivity index (χ0n) is 17.1. The van der Waals surface area contributed by atoms with Crippen LogP contribution in [0.15, 0.2) is 75.3 Å². The van der Waals surface area contributed by atoms with E-state index in [9.17, 15) is 18.0 Å². The van der Waals surface area contributed by atoms with Crippen LogP contribution in [0.1, 0.15) is 22.6 Å². The lowest BCUT2D eigenvalue weighted by atomic mass is 10.2. The molecule has 32 heavy (non-hydrogen) atoms. The fourth-order valence-corrected chi connectivity index (χ4v) is 3.49. The molecule has 0 aliphatic rings. The zero-order valence-corrected chi connectivity index (χ0v) is 17.9. The molecule has 0 spiro atoms. The predicted molar refractivity (Wildman–Crippen MR) is 116 cm³/mol. The molecule has 0 aliphatic carbocycles. The maximum absolute atomic E-state index is 12.3. The van der Waals surface area contributed by atoms with Gasteiger partial charge in [-0.2, -0.15) is 5.10 Å². The Morgan fingerprint density at radius 2 is 1.84 bits per heavy atom. The van der Waals surface area contributed by atoms with Gasteiger partial charge in [0.25, 0.3) is 0 Å². The lowest BCUT2D eigenvalue weighted by Crippen LogP contribution is -2.37. The second kappa shape index (κ2) is 10.5. The summed E-state index contributed by atoms with van der Waals surface area (Å²) < 4.78 is 32.5. The minimum absolute atomic E-state index is 0.0623. The molecule has 166 valence electrons. The third kappa shape index (κ3) is 6.59. The Labute approximate surface area is 184 Å². The van der Waals surface area contributed by atoms with E-state index in [2.05, 4.69) is 25.6 Å². The van der Waals surface area contributed by atoms with Gasteiger partial charge in [0.1, 0.15) is 11.5 Å². The molecule has 0 bridgehead atoms. The molecule has 0 aliphatic heterocycles. The molecular weight excluding hydrogens is 434 g/mol. The average Bonchev–Trinajstić information content (AvgIpc) is 3.25. The molecule has 3 N–H and O–H groups in total. The van der Waals surface area contributed by atoms with Crippen molar-refractivity contribution in [3.05, 3.63) is 83.6 Å². The van der Waals surface area contributed by atoms with Gasteiger partial charge in [-0.3, -0.25) is 14.6 Å². The number of nitrogens with zero attached hydrogens (tertiary/aromatic N) is 2. The summed E-state index contributed by atoms with van der Waals surface area (Å²) in [5.74, 6) is -1.17. The van der Waals surface area contributed by atoms with Crippen molar-refractivity contribution < 1.29 is 22.4 Å². The van der Waals surface area contributed by atoms with Crippen LogP contribution in [0, 0.1) is 6.92 Å². The number of hydrazone groups is 1. The summed E-state index contributed by atoms with van der Waals surface area (Å²) in [5.41, 5.74) is 3.79. The summed E-state index contributed by atoms with van der Waals surface area (Å²) in [6.45, 7) is 1.96. The lowest BCUT2D eigenvalue weighted by molar-refractivity contribution is -0.139. The van der Waals surface area contributed by atoms with Crippen molar-refractivity contribution in [2.24, 2.45) is 5.10 Å². The molecular formula is C21H21N5O5S. The van der Waals surface area contributed by atoms with Gasteiger partial charge < -0.3 is 9.73 Å². The van der Waals surface area contributed by atoms with Crippen LogP contribution >= 0.6 is 0 Å². The summed E-state index contributed by atoms with van der Waals surface area (Å²) in [6.07, 6.45) is 4.38. The Balaban J connectivity index is 1.46. The summed E-state index contributed by atoms with van der Waals surface area (Å²) in [5, 5.41) is 6.11. The van der Waals surface area contributed by atoms with Crippen molar-refractivity contribution in [3.8, 4) is 0 Å². The van der Waals surface area contributed by atoms with Crippen LogP contribution in [0.5, 0.6) is 0 Å². The fraction of sp³-hybridized carbons (Fsp3) is 0.143. The molecule has 11 heteroatoms. The fourth-order valence-electron chi connectivity index (χ4n) is 2.50. The number of carbonyl (C=O) groups is 2. The summed E-state index contributed by atoms with van der Waals surface area (Å²) in [6, 6.07) is 13.1. The number of aryl methyl sites for hydroxylation is 1. The largest absolute Gasteiger partial charge is 0.459 e. The van der Waals surface area contributed by atoms with Crippen LogP contribution in [-0.4, -0.2) is 31.4 Å². The van der Waals surface area contributed by atoms with Crippen LogP contribution in [0.25, 0.3) is 0 Å². The molecule has 0 atom stereocenters. The molecule has 3 aromatic rings. The Kier molecular flexibility index (Phi) is 7.47. The van der Waals surface area contributed by atoms with E-state index in [-0.39, 0.29) is 23.7 Å². The highest BCUT2D eigenvalue weighted by atomic mass is 32.2. The van der Waals surface area contributed by atoms with E-state index >= 15 is 0 Å². The Morgan fingerprint density at radius 3 is 2.56 bits per heavy atom. The van der Waals surface area contributed by atoms with Crippen molar-refractivity contribution in [1.29, 1.82) is 0 Å². The highest BCUT2D eigenvalue weighted by Crippen LogP contribution is 2.12. The van der Waals surface area contributed by atoms with Crippen molar-refractivity contribution in [1.82, 2.24) is 20.4 Å². The monoisotopic (exact) mass is 455 g/mol. The van der Waals surface area contributed by atoms with Crippen LogP contribution in [-0.2, 0) is 32.7 Å². The normalized spacial score (nSPS) is 11.4. The molecule has 0 radical (unpaired) electrons. The number of carbonyl (C=O) groups excluding carboxylic acids is 2. The first kappa shape index (κ1) is 22.8. The highest BCUT2D eigenvalue weighted by molar-refractivity contribution is 7.89. The van der Waals surface area contributed by atoms with E-state index in [0.29, 0.717) is 5.76 Å². The number of pyridine rings is 1. The van der Waals surface area contributed by atoms with E-state index in [1.807, 2.05) is 6.92 Å². The van der Waals surface area contributed by atoms with Gasteiger partial charge in [0, 0.05) is 18.9 Å². The number of hydrogen-bond donors (Lipinski definition) is 3. The minimum Gasteiger partial charge on any atom is -0.459 e. The number of rotatable bonds is 8. The molecule has 1 aromatic carbocycles. The Morgan fingerprint density at radius 1 is 1.06 bits per heavy atom. The number of furan rings is 1. The van der Waals surface area contributed by atoms with E-state index in [1.165, 1.54) is 18.3 Å². The number of benzene rings is 1. The SMILES string of the molecule is Cc1ccc(S(=O)(=O)NCc2ccc(/C=N/NC(=O)C(=O)NCc3cccnc3)o2)cc1. The number of hydrogen-bond acceptors (Lipinski definition) is 7. The molecule has 10 nitrogen and oxygen atoms in total. The molecule has 3 rings (SSSR count). The zero-order chi connectivity index (χ0) is 23.0. The predicted octanol–water partition coefficient (Wildman–Crippen LogP) is 1.23. The highest BCUT2D eigenvalue weighted by Gasteiger charge is 2.15. The third-order valence-corrected chi connectivity index (χ3v) is 5.61. The molecule has 2 heterocycles. The Bertz CT molecular complexity index is 1200. The van der Waals surface area contributed by atoms with E-state index in [1.54, 1.807) is 48.8 Å². The molecule has 0 fully saturated rings. The number of nitrogens with one attached hydrogen (secondary N) is 3. The van der Waals surface area contributed by atoms with E-state index < -0.39 is 21.8 Å². The summed E-state index contributed by atoms with van der Waals surface area (Å²) in [4.78, 5) is 27.6. The van der Waals surface area contributed by atoms with Gasteiger partial charge in [-0.1, -0.05) is 23.8 Å². The second-order valence-electron chi connectivity index (χ2n) is 6.68. The number of aromatic nitrogens is 1. The minimum atomic E-state index is -3.68. The number of amides is 2. The van der Waals surface area contributed by atoms with Crippen LogP contribution in [0.4, 0.5) is 0 Å². The Hall–Kier alpha value is -3.83. The van der Waals surface area contributed by atoms with Crippen LogP contribution in [0.2, 0.25) is 0 Å². The van der Waals surface area contributed by atoms with Gasteiger partial charge in [-0.15, -0.1) is 0 Å². The summed E-state index contributed by atoms with van der Waals surface area (Å²) >= 11 is 0. The topological polar surface area (TPSA) is 143 Å². The molecule has 2 aromatic heterocycles. The van der Waals surface area contributed by atoms with E-state index in [0.717, 1.165) is 11.1 Å². The van der Waals surface area contributed by atoms with E-state index in [4.69, 9.17) is 4.42 Å². The standard InChI is InChI=1S/C21H21N5O5S/c1-15-4-8-19(9-5-15)32(29,30)25-14-18-7-6-17(31-18)13-24-26-21(28)20(27)23-12-16-3-2-10-22-11-16/h2-11,13,25H,12,14H2,1H3,(H,23,27)(H,26,28)/b24-13+. The van der Waals surface area contributed by atoms with Crippen LogP contribution < -0.4 is 15.5 Å². The average molecular weight is 455 g/mol. The number of sulfonamides is 1. The third-order valence-electron chi connectivity index (χ3n) is 4.19. The second-order valence-corrected chi connectivity index (χ2v) is 8.45. The lowest BCUT2D eigenvalue weighted by Gasteiger charge is -2.05. The van der Waals surface area contributed by atoms with Gasteiger partial charge >= 0.3 is 11.8 Å². The molecule has 2 amide bonds. The van der Waals surface area contributed by atoms with Crippen LogP contribution in [0.3, 0.4) is 0 Å². The maximum atomic E-state index is 12.3. The van der Waals surface area contributed by atoms with Gasteiger partial charge in [0.15, 0.2) is 0 Å². The maximum Gasteiger partial charge on any atom is 0.329 e. The van der Waals surface area contributed by atoms with Gasteiger partial charge in [0.05, 0.1) is 17.7 Å². The van der Waals surface area contributed by atoms with Gasteiger partial charge in [0.2, 0.25) is 10.0 Å². The molecule has 0 saturated heterocycles. The van der Waals surface area contributed by atoms with Crippen molar-refractivity contribution >= 4 is 28.1 Å². The van der Waals surface area contributed by atoms with Crippen molar-refractivity contribution in [3.63, 3.8) is 0 Å². The van der Waals surface area contributed by atoms with Crippen molar-refractivity contribution in [2.45, 2.75) is 24.9 Å². The smallest absolute Gasteiger partial charge is 0.329 e. The molecule has 0 saturated carbocycles. The van der Waals surface area contributed by atoms with Gasteiger partial charge in [-0.25, -0.2) is 18.6 Å². The first-order valence-electron chi connectivity index (χ1n) is 9.49. The molecule has 0 unspecified atom stereocenters. The first-order chi connectivity index (χ1) is 15.3. The van der Waals surface area contributed by atoms with Gasteiger partial charge in [-0.05, 0) is 42.8 Å². The summed E-state index contributed by atoms with van der Waals surface area (Å²) in [7, 11) is -3.68. The first-order valence-corrected chi connectivity index (χ1v) is 11.0. The van der Waals surface area contributed by atoms with Crippen molar-refractivity contribution in [2.75, 3.05) is 0 Å². The quantitative estimate of drug-likeness (QED) is 0.265.